The van der Waals surface area contributed by atoms with Gasteiger partial charge in [0.15, 0.2) is 5.69 Å². The largest absolute Gasteiger partial charge is 0.321 e. The molecule has 7 nitrogen and oxygen atoms in total. The molecule has 1 aliphatic heterocycles. The molecule has 0 atom stereocenters. The minimum Gasteiger partial charge on any atom is -0.321 e. The van der Waals surface area contributed by atoms with Gasteiger partial charge < -0.3 is 5.32 Å². The molecule has 0 fully saturated rings. The number of rotatable bonds is 5. The van der Waals surface area contributed by atoms with Crippen molar-refractivity contribution in [2.45, 2.75) is 38.6 Å². The first-order chi connectivity index (χ1) is 14.8. The van der Waals surface area contributed by atoms with Crippen molar-refractivity contribution in [2.75, 3.05) is 11.9 Å². The Morgan fingerprint density at radius 3 is 2.68 bits per heavy atom. The van der Waals surface area contributed by atoms with Crippen LogP contribution in [-0.2, 0) is 16.6 Å². The third-order valence-corrected chi connectivity index (χ3v) is 7.27. The SMILES string of the molecule is Cc1cccc(NC(=O)c2ncn3c2CN(CCC(C)C)S(=O)(=O)c2ccccc2-3)c1. The molecule has 0 bridgehead atoms. The van der Waals surface area contributed by atoms with Crippen LogP contribution in [0.5, 0.6) is 0 Å². The highest BCUT2D eigenvalue weighted by Crippen LogP contribution is 2.31. The summed E-state index contributed by atoms with van der Waals surface area (Å²) in [7, 11) is -3.71. The summed E-state index contributed by atoms with van der Waals surface area (Å²) in [5.41, 5.74) is 2.99. The molecule has 0 radical (unpaired) electrons. The molecule has 4 rings (SSSR count). The first-order valence-corrected chi connectivity index (χ1v) is 11.7. The van der Waals surface area contributed by atoms with Crippen LogP contribution in [-0.4, -0.2) is 34.7 Å². The maximum Gasteiger partial charge on any atom is 0.276 e. The van der Waals surface area contributed by atoms with Gasteiger partial charge in [-0.25, -0.2) is 13.4 Å². The molecule has 8 heteroatoms. The van der Waals surface area contributed by atoms with Crippen molar-refractivity contribution < 1.29 is 13.2 Å². The van der Waals surface area contributed by atoms with E-state index in [-0.39, 0.29) is 23.0 Å². The van der Waals surface area contributed by atoms with E-state index in [2.05, 4.69) is 24.1 Å². The Hall–Kier alpha value is -2.97. The standard InChI is InChI=1S/C23H26N4O3S/c1-16(2)11-12-26-14-20-22(23(28)25-18-8-6-7-17(3)13-18)24-15-27(20)19-9-4-5-10-21(19)31(26,29)30/h4-10,13,15-16H,11-12,14H2,1-3H3,(H,25,28). The first kappa shape index (κ1) is 21.3. The van der Waals surface area contributed by atoms with Gasteiger partial charge in [-0.3, -0.25) is 9.36 Å². The molecule has 162 valence electrons. The fourth-order valence-corrected chi connectivity index (χ4v) is 5.30. The number of hydrogen-bond donors (Lipinski definition) is 1. The van der Waals surface area contributed by atoms with Gasteiger partial charge in [0, 0.05) is 12.2 Å². The van der Waals surface area contributed by atoms with E-state index in [0.717, 1.165) is 12.0 Å². The predicted octanol–water partition coefficient (Wildman–Crippen LogP) is 3.98. The van der Waals surface area contributed by atoms with Gasteiger partial charge in [0.05, 0.1) is 17.9 Å². The maximum absolute atomic E-state index is 13.4. The number of aromatic nitrogens is 2. The summed E-state index contributed by atoms with van der Waals surface area (Å²) in [6, 6.07) is 14.4. The number of aryl methyl sites for hydroxylation is 1. The number of nitrogens with zero attached hydrogens (tertiary/aromatic N) is 3. The molecule has 0 saturated heterocycles. The number of carbonyl (C=O) groups excluding carboxylic acids is 1. The summed E-state index contributed by atoms with van der Waals surface area (Å²) in [5.74, 6) is -0.0114. The van der Waals surface area contributed by atoms with Crippen molar-refractivity contribution in [3.05, 3.63) is 71.8 Å². The van der Waals surface area contributed by atoms with Crippen LogP contribution in [0.25, 0.3) is 5.69 Å². The Morgan fingerprint density at radius 2 is 1.94 bits per heavy atom. The fourth-order valence-electron chi connectivity index (χ4n) is 3.70. The summed E-state index contributed by atoms with van der Waals surface area (Å²) in [6.07, 6.45) is 2.25. The van der Waals surface area contributed by atoms with E-state index in [1.54, 1.807) is 28.8 Å². The zero-order valence-corrected chi connectivity index (χ0v) is 18.7. The lowest BCUT2D eigenvalue weighted by Gasteiger charge is -2.21. The van der Waals surface area contributed by atoms with Gasteiger partial charge in [-0.2, -0.15) is 4.31 Å². The molecule has 1 amide bonds. The normalized spacial score (nSPS) is 15.2. The zero-order valence-electron chi connectivity index (χ0n) is 17.9. The number of amides is 1. The summed E-state index contributed by atoms with van der Waals surface area (Å²) < 4.78 is 30.0. The Kier molecular flexibility index (Phi) is 5.68. The Morgan fingerprint density at radius 1 is 1.16 bits per heavy atom. The van der Waals surface area contributed by atoms with E-state index in [4.69, 9.17) is 0 Å². The molecule has 31 heavy (non-hydrogen) atoms. The van der Waals surface area contributed by atoms with Gasteiger partial charge in [-0.05, 0) is 49.1 Å². The number of para-hydroxylation sites is 1. The van der Waals surface area contributed by atoms with Crippen LogP contribution in [0.1, 0.15) is 42.0 Å². The number of sulfonamides is 1. The average Bonchev–Trinajstić information content (AvgIpc) is 3.10. The smallest absolute Gasteiger partial charge is 0.276 e. The van der Waals surface area contributed by atoms with Crippen LogP contribution < -0.4 is 5.32 Å². The van der Waals surface area contributed by atoms with Crippen LogP contribution in [0.15, 0.2) is 59.8 Å². The van der Waals surface area contributed by atoms with Gasteiger partial charge in [-0.15, -0.1) is 0 Å². The van der Waals surface area contributed by atoms with Crippen LogP contribution >= 0.6 is 0 Å². The molecule has 2 heterocycles. The number of benzene rings is 2. The van der Waals surface area contributed by atoms with Gasteiger partial charge in [-0.1, -0.05) is 38.1 Å². The second kappa shape index (κ2) is 8.28. The minimum atomic E-state index is -3.71. The zero-order chi connectivity index (χ0) is 22.2. The second-order valence-electron chi connectivity index (χ2n) is 8.22. The number of nitrogens with one attached hydrogen (secondary N) is 1. The average molecular weight is 439 g/mol. The van der Waals surface area contributed by atoms with Crippen LogP contribution in [0, 0.1) is 12.8 Å². The van der Waals surface area contributed by atoms with Gasteiger partial charge >= 0.3 is 0 Å². The highest BCUT2D eigenvalue weighted by molar-refractivity contribution is 7.89. The number of carbonyl (C=O) groups is 1. The summed E-state index contributed by atoms with van der Waals surface area (Å²) in [4.78, 5) is 17.6. The van der Waals surface area contributed by atoms with Crippen molar-refractivity contribution in [3.63, 3.8) is 0 Å². The fraction of sp³-hybridized carbons (Fsp3) is 0.304. The number of anilines is 1. The number of fused-ring (bicyclic) bond motifs is 3. The van der Waals surface area contributed by atoms with Gasteiger partial charge in [0.25, 0.3) is 5.91 Å². The molecule has 0 spiro atoms. The Bertz CT molecular complexity index is 1230. The minimum absolute atomic E-state index is 0.0836. The van der Waals surface area contributed by atoms with Crippen molar-refractivity contribution in [1.82, 2.24) is 13.9 Å². The van der Waals surface area contributed by atoms with E-state index in [9.17, 15) is 13.2 Å². The van der Waals surface area contributed by atoms with Crippen LogP contribution in [0.3, 0.4) is 0 Å². The molecule has 1 aromatic heterocycles. The molecule has 1 N–H and O–H groups in total. The third-order valence-electron chi connectivity index (χ3n) is 5.38. The molecule has 1 aliphatic rings. The van der Waals surface area contributed by atoms with Crippen LogP contribution in [0.2, 0.25) is 0 Å². The Balaban J connectivity index is 1.77. The van der Waals surface area contributed by atoms with E-state index in [1.807, 2.05) is 31.2 Å². The maximum atomic E-state index is 13.4. The lowest BCUT2D eigenvalue weighted by atomic mass is 10.1. The molecule has 0 unspecified atom stereocenters. The highest BCUT2D eigenvalue weighted by atomic mass is 32.2. The summed E-state index contributed by atoms with van der Waals surface area (Å²) in [6.45, 7) is 6.53. The van der Waals surface area contributed by atoms with E-state index in [1.165, 1.54) is 10.6 Å². The van der Waals surface area contributed by atoms with E-state index in [0.29, 0.717) is 29.5 Å². The topological polar surface area (TPSA) is 84.3 Å². The molecular formula is C23H26N4O3S. The first-order valence-electron chi connectivity index (χ1n) is 10.3. The molecular weight excluding hydrogens is 412 g/mol. The molecule has 2 aromatic carbocycles. The van der Waals surface area contributed by atoms with Gasteiger partial charge in [0.2, 0.25) is 10.0 Å². The summed E-state index contributed by atoms with van der Waals surface area (Å²) in [5, 5.41) is 2.88. The third kappa shape index (κ3) is 4.13. The van der Waals surface area contributed by atoms with Crippen molar-refractivity contribution in [2.24, 2.45) is 5.92 Å². The van der Waals surface area contributed by atoms with E-state index < -0.39 is 10.0 Å². The quantitative estimate of drug-likeness (QED) is 0.653. The molecule has 3 aromatic rings. The molecule has 0 saturated carbocycles. The van der Waals surface area contributed by atoms with Crippen molar-refractivity contribution in [3.8, 4) is 5.69 Å². The van der Waals surface area contributed by atoms with Crippen molar-refractivity contribution in [1.29, 1.82) is 0 Å². The van der Waals surface area contributed by atoms with Crippen molar-refractivity contribution >= 4 is 21.6 Å². The lowest BCUT2D eigenvalue weighted by Crippen LogP contribution is -2.32. The number of hydrogen-bond acceptors (Lipinski definition) is 4. The Labute approximate surface area is 182 Å². The van der Waals surface area contributed by atoms with Crippen LogP contribution in [0.4, 0.5) is 5.69 Å². The molecule has 0 aliphatic carbocycles. The number of imidazole rings is 1. The second-order valence-corrected chi connectivity index (χ2v) is 10.1. The van der Waals surface area contributed by atoms with E-state index >= 15 is 0 Å². The van der Waals surface area contributed by atoms with Gasteiger partial charge in [0.1, 0.15) is 11.2 Å². The lowest BCUT2D eigenvalue weighted by molar-refractivity contribution is 0.102. The monoisotopic (exact) mass is 438 g/mol. The predicted molar refractivity (Wildman–Crippen MR) is 120 cm³/mol. The highest BCUT2D eigenvalue weighted by Gasteiger charge is 2.34. The summed E-state index contributed by atoms with van der Waals surface area (Å²) >= 11 is 0.